The molecule has 0 fully saturated rings. The van der Waals surface area contributed by atoms with E-state index >= 15 is 0 Å². The fourth-order valence-corrected chi connectivity index (χ4v) is 3.80. The van der Waals surface area contributed by atoms with Crippen LogP contribution in [-0.4, -0.2) is 34.1 Å². The van der Waals surface area contributed by atoms with Gasteiger partial charge < -0.3 is 20.6 Å². The van der Waals surface area contributed by atoms with Crippen LogP contribution in [0, 0.1) is 5.82 Å². The van der Waals surface area contributed by atoms with Crippen LogP contribution in [0.25, 0.3) is 11.1 Å². The molecule has 10 heteroatoms. The zero-order chi connectivity index (χ0) is 25.0. The third-order valence-corrected chi connectivity index (χ3v) is 5.84. The molecule has 2 atom stereocenters. The van der Waals surface area contributed by atoms with Gasteiger partial charge in [0, 0.05) is 21.7 Å². The van der Waals surface area contributed by atoms with E-state index in [1.165, 1.54) is 24.5 Å². The van der Waals surface area contributed by atoms with Crippen molar-refractivity contribution in [3.8, 4) is 11.1 Å². The van der Waals surface area contributed by atoms with Crippen LogP contribution in [0.15, 0.2) is 47.1 Å². The molecular weight excluding hydrogens is 484 g/mol. The number of halogens is 3. The standard InChI is InChI=1S/C24H24Cl2FN3O4/c1-12(2)21-11-34-23(30-21)22(31)29-16(10-20(28)24(32)33)7-14-4-3-13(8-18(14)26)17-9-15(25)5-6-19(17)27/h3-6,8-9,11-12,16,20H,7,10,28H2,1-2H3,(H,29,31)(H,32,33)/t16-,20+/m1/s1. The van der Waals surface area contributed by atoms with Crippen LogP contribution in [0.5, 0.6) is 0 Å². The highest BCUT2D eigenvalue weighted by atomic mass is 35.5. The van der Waals surface area contributed by atoms with E-state index in [0.29, 0.717) is 32.4 Å². The molecule has 3 aromatic rings. The van der Waals surface area contributed by atoms with Gasteiger partial charge in [0.15, 0.2) is 0 Å². The Kier molecular flexibility index (Phi) is 8.30. The van der Waals surface area contributed by atoms with E-state index in [0.717, 1.165) is 0 Å². The largest absolute Gasteiger partial charge is 0.480 e. The van der Waals surface area contributed by atoms with E-state index in [2.05, 4.69) is 10.3 Å². The molecule has 0 aliphatic carbocycles. The van der Waals surface area contributed by atoms with Crippen LogP contribution in [0.1, 0.15) is 48.1 Å². The highest BCUT2D eigenvalue weighted by Gasteiger charge is 2.24. The van der Waals surface area contributed by atoms with Gasteiger partial charge in [-0.25, -0.2) is 9.37 Å². The van der Waals surface area contributed by atoms with Crippen molar-refractivity contribution in [2.45, 2.75) is 44.7 Å². The first kappa shape index (κ1) is 25.7. The Balaban J connectivity index is 1.83. The number of nitrogens with zero attached hydrogens (tertiary/aromatic N) is 1. The normalized spacial score (nSPS) is 13.0. The molecule has 0 aliphatic rings. The third-order valence-electron chi connectivity index (χ3n) is 5.26. The van der Waals surface area contributed by atoms with Gasteiger partial charge in [-0.3, -0.25) is 9.59 Å². The molecule has 0 aliphatic heterocycles. The van der Waals surface area contributed by atoms with Crippen molar-refractivity contribution < 1.29 is 23.5 Å². The van der Waals surface area contributed by atoms with Gasteiger partial charge in [-0.2, -0.15) is 0 Å². The lowest BCUT2D eigenvalue weighted by Crippen LogP contribution is -2.43. The zero-order valence-electron chi connectivity index (χ0n) is 18.5. The van der Waals surface area contributed by atoms with Crippen LogP contribution in [-0.2, 0) is 11.2 Å². The number of carbonyl (C=O) groups is 2. The number of oxazole rings is 1. The highest BCUT2D eigenvalue weighted by Crippen LogP contribution is 2.30. The number of nitrogens with one attached hydrogen (secondary N) is 1. The quantitative estimate of drug-likeness (QED) is 0.372. The van der Waals surface area contributed by atoms with Crippen LogP contribution < -0.4 is 11.1 Å². The van der Waals surface area contributed by atoms with Gasteiger partial charge in [-0.15, -0.1) is 0 Å². The Morgan fingerprint density at radius 1 is 1.21 bits per heavy atom. The molecule has 1 heterocycles. The van der Waals surface area contributed by atoms with Gasteiger partial charge in [-0.05, 0) is 54.2 Å². The second kappa shape index (κ2) is 11.0. The first-order valence-corrected chi connectivity index (χ1v) is 11.3. The maximum atomic E-state index is 14.2. The second-order valence-electron chi connectivity index (χ2n) is 8.22. The first-order valence-electron chi connectivity index (χ1n) is 10.5. The van der Waals surface area contributed by atoms with Crippen molar-refractivity contribution in [2.75, 3.05) is 0 Å². The van der Waals surface area contributed by atoms with Gasteiger partial charge in [-0.1, -0.05) is 49.2 Å². The van der Waals surface area contributed by atoms with Gasteiger partial charge in [0.2, 0.25) is 0 Å². The molecule has 2 aromatic carbocycles. The molecule has 34 heavy (non-hydrogen) atoms. The maximum absolute atomic E-state index is 14.2. The summed E-state index contributed by atoms with van der Waals surface area (Å²) in [4.78, 5) is 28.2. The van der Waals surface area contributed by atoms with E-state index in [1.807, 2.05) is 13.8 Å². The van der Waals surface area contributed by atoms with Crippen LogP contribution in [0.2, 0.25) is 10.0 Å². The molecule has 0 bridgehead atoms. The number of hydrogen-bond donors (Lipinski definition) is 3. The molecule has 7 nitrogen and oxygen atoms in total. The van der Waals surface area contributed by atoms with Gasteiger partial charge in [0.25, 0.3) is 5.89 Å². The van der Waals surface area contributed by atoms with Gasteiger partial charge >= 0.3 is 11.9 Å². The number of carboxylic acid groups (broad SMARTS) is 1. The van der Waals surface area contributed by atoms with E-state index < -0.39 is 29.8 Å². The summed E-state index contributed by atoms with van der Waals surface area (Å²) < 4.78 is 19.5. The predicted octanol–water partition coefficient (Wildman–Crippen LogP) is 5.05. The Morgan fingerprint density at radius 2 is 1.94 bits per heavy atom. The Bertz CT molecular complexity index is 1200. The summed E-state index contributed by atoms with van der Waals surface area (Å²) in [5.41, 5.74) is 7.78. The molecule has 0 saturated heterocycles. The topological polar surface area (TPSA) is 118 Å². The lowest BCUT2D eigenvalue weighted by molar-refractivity contribution is -0.138. The smallest absolute Gasteiger partial charge is 0.320 e. The molecule has 3 rings (SSSR count). The fourth-order valence-electron chi connectivity index (χ4n) is 3.37. The number of carbonyl (C=O) groups excluding carboxylic acids is 1. The van der Waals surface area contributed by atoms with Crippen molar-refractivity contribution in [1.29, 1.82) is 0 Å². The summed E-state index contributed by atoms with van der Waals surface area (Å²) in [7, 11) is 0. The molecular formula is C24H24Cl2FN3O4. The van der Waals surface area contributed by atoms with Crippen molar-refractivity contribution in [3.05, 3.63) is 75.7 Å². The highest BCUT2D eigenvalue weighted by molar-refractivity contribution is 6.32. The second-order valence-corrected chi connectivity index (χ2v) is 9.06. The summed E-state index contributed by atoms with van der Waals surface area (Å²) in [6, 6.07) is 7.28. The summed E-state index contributed by atoms with van der Waals surface area (Å²) in [5, 5.41) is 12.7. The summed E-state index contributed by atoms with van der Waals surface area (Å²) in [6.07, 6.45) is 1.53. The summed E-state index contributed by atoms with van der Waals surface area (Å²) >= 11 is 12.4. The number of amides is 1. The van der Waals surface area contributed by atoms with Crippen LogP contribution >= 0.6 is 23.2 Å². The SMILES string of the molecule is CC(C)c1coc(C(=O)N[C@H](Cc2ccc(-c3cc(Cl)ccc3F)cc2Cl)C[C@H](N)C(=O)O)n1. The fraction of sp³-hybridized carbons (Fsp3) is 0.292. The number of hydrogen-bond acceptors (Lipinski definition) is 5. The average molecular weight is 508 g/mol. The van der Waals surface area contributed by atoms with Crippen molar-refractivity contribution >= 4 is 35.1 Å². The van der Waals surface area contributed by atoms with Gasteiger partial charge in [0.05, 0.1) is 5.69 Å². The number of aromatic nitrogens is 1. The monoisotopic (exact) mass is 507 g/mol. The number of aliphatic carboxylic acids is 1. The molecule has 0 unspecified atom stereocenters. The number of nitrogens with two attached hydrogens (primary N) is 1. The van der Waals surface area contributed by atoms with E-state index in [-0.39, 0.29) is 24.7 Å². The molecule has 1 aromatic heterocycles. The van der Waals surface area contributed by atoms with Gasteiger partial charge in [0.1, 0.15) is 18.1 Å². The van der Waals surface area contributed by atoms with Crippen LogP contribution in [0.4, 0.5) is 4.39 Å². The number of rotatable bonds is 9. The lowest BCUT2D eigenvalue weighted by Gasteiger charge is -2.21. The summed E-state index contributed by atoms with van der Waals surface area (Å²) in [6.45, 7) is 3.82. The first-order chi connectivity index (χ1) is 16.0. The van der Waals surface area contributed by atoms with Crippen LogP contribution in [0.3, 0.4) is 0 Å². The lowest BCUT2D eigenvalue weighted by atomic mass is 9.97. The third kappa shape index (κ3) is 6.34. The number of carboxylic acids is 1. The van der Waals surface area contributed by atoms with E-state index in [9.17, 15) is 19.1 Å². The minimum Gasteiger partial charge on any atom is -0.480 e. The zero-order valence-corrected chi connectivity index (χ0v) is 20.0. The number of benzene rings is 2. The average Bonchev–Trinajstić information content (AvgIpc) is 3.27. The molecule has 180 valence electrons. The van der Waals surface area contributed by atoms with E-state index in [4.69, 9.17) is 33.4 Å². The molecule has 4 N–H and O–H groups in total. The minimum atomic E-state index is -1.21. The van der Waals surface area contributed by atoms with Crippen molar-refractivity contribution in [1.82, 2.24) is 10.3 Å². The molecule has 0 saturated carbocycles. The Morgan fingerprint density at radius 3 is 2.56 bits per heavy atom. The molecule has 1 amide bonds. The summed E-state index contributed by atoms with van der Waals surface area (Å²) in [5.74, 6) is -2.30. The van der Waals surface area contributed by atoms with E-state index in [1.54, 1.807) is 18.2 Å². The molecule has 0 spiro atoms. The minimum absolute atomic E-state index is 0.0557. The van der Waals surface area contributed by atoms with Crippen molar-refractivity contribution in [3.63, 3.8) is 0 Å². The Labute approximate surface area is 206 Å². The Hall–Kier alpha value is -2.94. The molecule has 0 radical (unpaired) electrons. The maximum Gasteiger partial charge on any atom is 0.320 e. The van der Waals surface area contributed by atoms with Crippen molar-refractivity contribution in [2.24, 2.45) is 5.73 Å². The predicted molar refractivity (Wildman–Crippen MR) is 128 cm³/mol.